The van der Waals surface area contributed by atoms with Gasteiger partial charge >= 0.3 is 0 Å². The molecule has 0 unspecified atom stereocenters. The highest BCUT2D eigenvalue weighted by molar-refractivity contribution is 5.78. The molecule has 6 nitrogen and oxygen atoms in total. The standard InChI is InChI=1S/C13H10N4O2.2C2H6/c14-11-13(18)16-10-9(6-7-15-12(10)17-11)19-8-4-2-1-3-5-8;2*1-2/h1-7H,(H,16,18)(H2,14,15,17);2*1-2H3. The number of hydrogen-bond donors (Lipinski definition) is 2. The van der Waals surface area contributed by atoms with Crippen molar-refractivity contribution in [1.82, 2.24) is 15.0 Å². The van der Waals surface area contributed by atoms with Crippen molar-refractivity contribution in [2.75, 3.05) is 5.73 Å². The van der Waals surface area contributed by atoms with Gasteiger partial charge in [-0.1, -0.05) is 45.9 Å². The number of para-hydroxylation sites is 1. The summed E-state index contributed by atoms with van der Waals surface area (Å²) >= 11 is 0. The summed E-state index contributed by atoms with van der Waals surface area (Å²) in [4.78, 5) is 22.1. The van der Waals surface area contributed by atoms with Gasteiger partial charge in [0, 0.05) is 12.3 Å². The van der Waals surface area contributed by atoms with Gasteiger partial charge in [0.2, 0.25) is 0 Å². The Labute approximate surface area is 135 Å². The second-order valence-electron chi connectivity index (χ2n) is 3.87. The zero-order valence-electron chi connectivity index (χ0n) is 13.8. The molecule has 0 saturated heterocycles. The topological polar surface area (TPSA) is 93.9 Å². The third-order valence-electron chi connectivity index (χ3n) is 2.56. The highest BCUT2D eigenvalue weighted by Crippen LogP contribution is 2.25. The van der Waals surface area contributed by atoms with Gasteiger partial charge in [-0.3, -0.25) is 4.79 Å². The number of pyridine rings is 1. The van der Waals surface area contributed by atoms with E-state index in [1.165, 1.54) is 0 Å². The van der Waals surface area contributed by atoms with Crippen molar-refractivity contribution in [2.45, 2.75) is 27.7 Å². The van der Waals surface area contributed by atoms with E-state index in [1.54, 1.807) is 12.3 Å². The SMILES string of the molecule is CC.CC.Nc1nc2nccc(Oc3ccccc3)c2[nH]c1=O. The van der Waals surface area contributed by atoms with Crippen LogP contribution in [0.25, 0.3) is 11.2 Å². The third kappa shape index (κ3) is 4.54. The number of benzene rings is 1. The van der Waals surface area contributed by atoms with Crippen molar-refractivity contribution in [3.63, 3.8) is 0 Å². The molecule has 0 aliphatic rings. The highest BCUT2D eigenvalue weighted by Gasteiger charge is 2.08. The van der Waals surface area contributed by atoms with Gasteiger partial charge in [-0.25, -0.2) is 9.97 Å². The summed E-state index contributed by atoms with van der Waals surface area (Å²) in [6.45, 7) is 8.00. The number of nitrogens with two attached hydrogens (primary N) is 1. The smallest absolute Gasteiger partial charge is 0.291 e. The molecule has 0 saturated carbocycles. The molecule has 2 aromatic heterocycles. The number of H-pyrrole nitrogens is 1. The van der Waals surface area contributed by atoms with Gasteiger partial charge in [0.25, 0.3) is 5.56 Å². The first kappa shape index (κ1) is 18.2. The van der Waals surface area contributed by atoms with E-state index in [9.17, 15) is 4.79 Å². The monoisotopic (exact) mass is 314 g/mol. The fourth-order valence-electron chi connectivity index (χ4n) is 1.68. The van der Waals surface area contributed by atoms with E-state index in [0.29, 0.717) is 22.7 Å². The van der Waals surface area contributed by atoms with E-state index in [1.807, 2.05) is 58.0 Å². The van der Waals surface area contributed by atoms with E-state index in [0.717, 1.165) is 0 Å². The molecular formula is C17H22N4O2. The molecule has 0 spiro atoms. The number of nitrogens with one attached hydrogen (secondary N) is 1. The van der Waals surface area contributed by atoms with E-state index < -0.39 is 5.56 Å². The normalized spacial score (nSPS) is 9.22. The van der Waals surface area contributed by atoms with Crippen LogP contribution in [-0.2, 0) is 0 Å². The molecule has 3 N–H and O–H groups in total. The van der Waals surface area contributed by atoms with Crippen LogP contribution in [0.3, 0.4) is 0 Å². The van der Waals surface area contributed by atoms with Crippen molar-refractivity contribution in [1.29, 1.82) is 0 Å². The van der Waals surface area contributed by atoms with Crippen molar-refractivity contribution >= 4 is 17.0 Å². The van der Waals surface area contributed by atoms with Crippen LogP contribution in [-0.4, -0.2) is 15.0 Å². The number of aromatic nitrogens is 3. The zero-order valence-corrected chi connectivity index (χ0v) is 13.8. The molecule has 2 heterocycles. The van der Waals surface area contributed by atoms with Crippen molar-refractivity contribution < 1.29 is 4.74 Å². The zero-order chi connectivity index (χ0) is 17.2. The first-order valence-corrected chi connectivity index (χ1v) is 7.61. The molecule has 1 aromatic carbocycles. The van der Waals surface area contributed by atoms with Gasteiger partial charge in [-0.15, -0.1) is 0 Å². The number of hydrogen-bond acceptors (Lipinski definition) is 5. The van der Waals surface area contributed by atoms with Crippen molar-refractivity contribution in [2.24, 2.45) is 0 Å². The molecular weight excluding hydrogens is 292 g/mol. The van der Waals surface area contributed by atoms with Crippen LogP contribution >= 0.6 is 0 Å². The minimum atomic E-state index is -0.460. The minimum absolute atomic E-state index is 0.114. The van der Waals surface area contributed by atoms with E-state index in [2.05, 4.69) is 15.0 Å². The number of anilines is 1. The van der Waals surface area contributed by atoms with E-state index >= 15 is 0 Å². The van der Waals surface area contributed by atoms with Gasteiger partial charge in [-0.2, -0.15) is 0 Å². The molecule has 122 valence electrons. The number of nitrogens with zero attached hydrogens (tertiary/aromatic N) is 2. The maximum absolute atomic E-state index is 11.5. The van der Waals surface area contributed by atoms with Crippen LogP contribution < -0.4 is 16.0 Å². The number of fused-ring (bicyclic) bond motifs is 1. The summed E-state index contributed by atoms with van der Waals surface area (Å²) in [6, 6.07) is 10.9. The molecule has 0 aliphatic carbocycles. The van der Waals surface area contributed by atoms with Crippen LogP contribution in [0.4, 0.5) is 5.82 Å². The first-order chi connectivity index (χ1) is 11.2. The predicted molar refractivity (Wildman–Crippen MR) is 93.8 cm³/mol. The Morgan fingerprint density at radius 3 is 2.35 bits per heavy atom. The summed E-state index contributed by atoms with van der Waals surface area (Å²) in [6.07, 6.45) is 1.55. The molecule has 3 aromatic rings. The number of rotatable bonds is 2. The highest BCUT2D eigenvalue weighted by atomic mass is 16.5. The van der Waals surface area contributed by atoms with Crippen molar-refractivity contribution in [3.8, 4) is 11.5 Å². The lowest BCUT2D eigenvalue weighted by Crippen LogP contribution is -2.14. The Bertz CT molecular complexity index is 785. The third-order valence-corrected chi connectivity index (χ3v) is 2.56. The van der Waals surface area contributed by atoms with E-state index in [4.69, 9.17) is 10.5 Å². The Balaban J connectivity index is 0.000000615. The predicted octanol–water partition coefficient (Wildman–Crippen LogP) is 3.75. The maximum Gasteiger partial charge on any atom is 0.291 e. The second-order valence-corrected chi connectivity index (χ2v) is 3.87. The van der Waals surface area contributed by atoms with Crippen LogP contribution in [0, 0.1) is 0 Å². The second kappa shape index (κ2) is 9.19. The summed E-state index contributed by atoms with van der Waals surface area (Å²) in [5.74, 6) is 1.02. The average molecular weight is 314 g/mol. The summed E-state index contributed by atoms with van der Waals surface area (Å²) < 4.78 is 5.70. The molecule has 0 aliphatic heterocycles. The molecule has 0 atom stereocenters. The summed E-state index contributed by atoms with van der Waals surface area (Å²) in [5, 5.41) is 0. The molecule has 0 radical (unpaired) electrons. The van der Waals surface area contributed by atoms with Crippen LogP contribution in [0.5, 0.6) is 11.5 Å². The van der Waals surface area contributed by atoms with Gasteiger partial charge in [0.15, 0.2) is 17.2 Å². The minimum Gasteiger partial charge on any atom is -0.455 e. The average Bonchev–Trinajstić information content (AvgIpc) is 2.61. The quantitative estimate of drug-likeness (QED) is 0.751. The van der Waals surface area contributed by atoms with Crippen LogP contribution in [0.2, 0.25) is 0 Å². The lowest BCUT2D eigenvalue weighted by molar-refractivity contribution is 0.486. The Kier molecular flexibility index (Phi) is 7.26. The Morgan fingerprint density at radius 2 is 1.70 bits per heavy atom. The Morgan fingerprint density at radius 1 is 1.04 bits per heavy atom. The lowest BCUT2D eigenvalue weighted by Gasteiger charge is -2.07. The fraction of sp³-hybridized carbons (Fsp3) is 0.235. The molecule has 0 bridgehead atoms. The number of ether oxygens (including phenoxy) is 1. The molecule has 3 rings (SSSR count). The van der Waals surface area contributed by atoms with Crippen molar-refractivity contribution in [3.05, 3.63) is 52.9 Å². The summed E-state index contributed by atoms with van der Waals surface area (Å²) in [7, 11) is 0. The number of aromatic amines is 1. The van der Waals surface area contributed by atoms with Gasteiger partial charge in [0.05, 0.1) is 0 Å². The van der Waals surface area contributed by atoms with E-state index in [-0.39, 0.29) is 5.82 Å². The lowest BCUT2D eigenvalue weighted by atomic mass is 10.3. The summed E-state index contributed by atoms with van der Waals surface area (Å²) in [5.41, 5.74) is 5.75. The van der Waals surface area contributed by atoms with Gasteiger partial charge in [0.1, 0.15) is 11.3 Å². The maximum atomic E-state index is 11.5. The van der Waals surface area contributed by atoms with Gasteiger partial charge in [-0.05, 0) is 12.1 Å². The molecule has 23 heavy (non-hydrogen) atoms. The Hall–Kier alpha value is -2.89. The fourth-order valence-corrected chi connectivity index (χ4v) is 1.68. The van der Waals surface area contributed by atoms with Crippen LogP contribution in [0.1, 0.15) is 27.7 Å². The molecule has 0 fully saturated rings. The first-order valence-electron chi connectivity index (χ1n) is 7.61. The molecule has 0 amide bonds. The largest absolute Gasteiger partial charge is 0.455 e. The van der Waals surface area contributed by atoms with Crippen LogP contribution in [0.15, 0.2) is 47.4 Å². The van der Waals surface area contributed by atoms with Gasteiger partial charge < -0.3 is 15.5 Å². The number of nitrogen functional groups attached to an aromatic ring is 1. The molecule has 6 heteroatoms.